The van der Waals surface area contributed by atoms with E-state index in [1.807, 2.05) is 33.3 Å². The van der Waals surface area contributed by atoms with Gasteiger partial charge in [0, 0.05) is 29.2 Å². The first-order chi connectivity index (χ1) is 8.06. The summed E-state index contributed by atoms with van der Waals surface area (Å²) < 4.78 is 0. The summed E-state index contributed by atoms with van der Waals surface area (Å²) in [5, 5.41) is 2.00. The van der Waals surface area contributed by atoms with Crippen LogP contribution in [0.3, 0.4) is 0 Å². The van der Waals surface area contributed by atoms with Crippen LogP contribution in [-0.4, -0.2) is 30.5 Å². The highest BCUT2D eigenvalue weighted by molar-refractivity contribution is 6.32. The van der Waals surface area contributed by atoms with Gasteiger partial charge in [0.2, 0.25) is 0 Å². The highest BCUT2D eigenvalue weighted by atomic mass is 35.5. The van der Waals surface area contributed by atoms with Crippen molar-refractivity contribution in [2.24, 2.45) is 5.73 Å². The summed E-state index contributed by atoms with van der Waals surface area (Å²) in [5.41, 5.74) is 9.26. The molecule has 2 aromatic rings. The van der Waals surface area contributed by atoms with Crippen LogP contribution in [0.5, 0.6) is 0 Å². The van der Waals surface area contributed by atoms with Crippen LogP contribution in [0.4, 0.5) is 0 Å². The molecule has 4 heteroatoms. The molecule has 0 saturated carbocycles. The number of nitrogens with zero attached hydrogens (tertiary/aromatic N) is 1. The van der Waals surface area contributed by atoms with Gasteiger partial charge in [0.1, 0.15) is 0 Å². The Kier molecular flexibility index (Phi) is 3.43. The number of nitrogens with two attached hydrogens (primary N) is 1. The van der Waals surface area contributed by atoms with Gasteiger partial charge in [0.25, 0.3) is 0 Å². The van der Waals surface area contributed by atoms with Crippen LogP contribution in [0.1, 0.15) is 17.2 Å². The molecule has 92 valence electrons. The van der Waals surface area contributed by atoms with Crippen LogP contribution >= 0.6 is 11.6 Å². The fourth-order valence-electron chi connectivity index (χ4n) is 2.23. The van der Waals surface area contributed by atoms with Gasteiger partial charge in [-0.15, -0.1) is 0 Å². The van der Waals surface area contributed by atoms with Gasteiger partial charge in [0.05, 0.1) is 5.52 Å². The van der Waals surface area contributed by atoms with Gasteiger partial charge in [-0.05, 0) is 38.2 Å². The molecule has 0 aliphatic carbocycles. The number of hydrogen-bond acceptors (Lipinski definition) is 2. The molecule has 0 saturated heterocycles. The Labute approximate surface area is 107 Å². The first-order valence-electron chi connectivity index (χ1n) is 5.68. The molecule has 2 rings (SSSR count). The second-order valence-corrected chi connectivity index (χ2v) is 4.96. The van der Waals surface area contributed by atoms with Gasteiger partial charge in [-0.1, -0.05) is 17.7 Å². The molecule has 1 unspecified atom stereocenters. The van der Waals surface area contributed by atoms with Crippen molar-refractivity contribution in [3.63, 3.8) is 0 Å². The lowest BCUT2D eigenvalue weighted by Crippen LogP contribution is -2.26. The number of H-pyrrole nitrogens is 1. The number of rotatable bonds is 3. The SMILES string of the molecule is Cc1c(Cl)ccc2c(C(CN)N(C)C)c[nH]c12. The lowest BCUT2D eigenvalue weighted by Gasteiger charge is -2.22. The molecule has 0 radical (unpaired) electrons. The molecule has 0 aliphatic heterocycles. The number of nitrogens with one attached hydrogen (secondary N) is 1. The van der Waals surface area contributed by atoms with Crippen LogP contribution in [0.15, 0.2) is 18.3 Å². The van der Waals surface area contributed by atoms with Crippen molar-refractivity contribution in [1.82, 2.24) is 9.88 Å². The van der Waals surface area contributed by atoms with Crippen LogP contribution in [-0.2, 0) is 0 Å². The number of aryl methyl sites for hydroxylation is 1. The van der Waals surface area contributed by atoms with E-state index in [0.29, 0.717) is 6.54 Å². The molecule has 17 heavy (non-hydrogen) atoms. The van der Waals surface area contributed by atoms with Crippen molar-refractivity contribution in [2.75, 3.05) is 20.6 Å². The Morgan fingerprint density at radius 3 is 2.71 bits per heavy atom. The van der Waals surface area contributed by atoms with E-state index in [0.717, 1.165) is 16.1 Å². The Bertz CT molecular complexity index is 531. The zero-order valence-electron chi connectivity index (χ0n) is 10.4. The molecule has 0 aliphatic rings. The monoisotopic (exact) mass is 251 g/mol. The van der Waals surface area contributed by atoms with Gasteiger partial charge >= 0.3 is 0 Å². The highest BCUT2D eigenvalue weighted by Crippen LogP contribution is 2.31. The topological polar surface area (TPSA) is 45.0 Å². The van der Waals surface area contributed by atoms with Crippen LogP contribution in [0, 0.1) is 6.92 Å². The van der Waals surface area contributed by atoms with Crippen molar-refractivity contribution in [3.8, 4) is 0 Å². The maximum absolute atomic E-state index is 6.12. The Morgan fingerprint density at radius 2 is 2.12 bits per heavy atom. The smallest absolute Gasteiger partial charge is 0.0502 e. The number of aromatic nitrogens is 1. The maximum atomic E-state index is 6.12. The minimum absolute atomic E-state index is 0.226. The summed E-state index contributed by atoms with van der Waals surface area (Å²) in [6.45, 7) is 2.62. The fraction of sp³-hybridized carbons (Fsp3) is 0.385. The predicted octanol–water partition coefficient (Wildman–Crippen LogP) is 2.69. The summed E-state index contributed by atoms with van der Waals surface area (Å²) in [6, 6.07) is 4.23. The second kappa shape index (κ2) is 4.69. The van der Waals surface area contributed by atoms with Crippen molar-refractivity contribution in [3.05, 3.63) is 34.5 Å². The molecule has 1 atom stereocenters. The third-order valence-corrected chi connectivity index (χ3v) is 3.70. The summed E-state index contributed by atoms with van der Waals surface area (Å²) >= 11 is 6.12. The lowest BCUT2D eigenvalue weighted by molar-refractivity contribution is 0.308. The molecule has 1 aromatic heterocycles. The Balaban J connectivity index is 2.61. The third kappa shape index (κ3) is 2.06. The van der Waals surface area contributed by atoms with Crippen molar-refractivity contribution in [2.45, 2.75) is 13.0 Å². The number of aromatic amines is 1. The van der Waals surface area contributed by atoms with E-state index in [9.17, 15) is 0 Å². The van der Waals surface area contributed by atoms with Crippen LogP contribution in [0.25, 0.3) is 10.9 Å². The van der Waals surface area contributed by atoms with Crippen LogP contribution in [0.2, 0.25) is 5.02 Å². The standard InChI is InChI=1S/C13H18ClN3/c1-8-11(14)5-4-9-10(7-16-13(8)9)12(6-15)17(2)3/h4-5,7,12,16H,6,15H2,1-3H3. The summed E-state index contributed by atoms with van der Waals surface area (Å²) in [6.07, 6.45) is 2.03. The predicted molar refractivity (Wildman–Crippen MR) is 73.5 cm³/mol. The molecule has 1 aromatic carbocycles. The van der Waals surface area contributed by atoms with Crippen molar-refractivity contribution >= 4 is 22.5 Å². The minimum atomic E-state index is 0.226. The van der Waals surface area contributed by atoms with E-state index in [1.165, 1.54) is 10.9 Å². The quantitative estimate of drug-likeness (QED) is 0.881. The second-order valence-electron chi connectivity index (χ2n) is 4.55. The number of likely N-dealkylation sites (N-methyl/N-ethyl adjacent to an activating group) is 1. The van der Waals surface area contributed by atoms with E-state index in [4.69, 9.17) is 17.3 Å². The zero-order chi connectivity index (χ0) is 12.6. The molecule has 0 spiro atoms. The maximum Gasteiger partial charge on any atom is 0.0502 e. The van der Waals surface area contributed by atoms with E-state index in [-0.39, 0.29) is 6.04 Å². The summed E-state index contributed by atoms with van der Waals surface area (Å²) in [7, 11) is 4.08. The Hall–Kier alpha value is -1.03. The first-order valence-corrected chi connectivity index (χ1v) is 6.06. The number of benzene rings is 1. The molecular weight excluding hydrogens is 234 g/mol. The number of fused-ring (bicyclic) bond motifs is 1. The van der Waals surface area contributed by atoms with Crippen molar-refractivity contribution in [1.29, 1.82) is 0 Å². The van der Waals surface area contributed by atoms with Crippen molar-refractivity contribution < 1.29 is 0 Å². The third-order valence-electron chi connectivity index (χ3n) is 3.29. The van der Waals surface area contributed by atoms with Crippen LogP contribution < -0.4 is 5.73 Å². The van der Waals surface area contributed by atoms with Gasteiger partial charge in [-0.2, -0.15) is 0 Å². The molecule has 3 N–H and O–H groups in total. The molecule has 0 fully saturated rings. The van der Waals surface area contributed by atoms with E-state index in [2.05, 4.69) is 16.0 Å². The van der Waals surface area contributed by atoms with Gasteiger partial charge in [0.15, 0.2) is 0 Å². The molecular formula is C13H18ClN3. The minimum Gasteiger partial charge on any atom is -0.361 e. The molecule has 0 bridgehead atoms. The molecule has 0 amide bonds. The van der Waals surface area contributed by atoms with E-state index in [1.54, 1.807) is 0 Å². The highest BCUT2D eigenvalue weighted by Gasteiger charge is 2.17. The number of hydrogen-bond donors (Lipinski definition) is 2. The Morgan fingerprint density at radius 1 is 1.41 bits per heavy atom. The first kappa shape index (κ1) is 12.4. The largest absolute Gasteiger partial charge is 0.361 e. The normalized spacial score (nSPS) is 13.5. The average molecular weight is 252 g/mol. The van der Waals surface area contributed by atoms with E-state index < -0.39 is 0 Å². The van der Waals surface area contributed by atoms with Gasteiger partial charge in [-0.3, -0.25) is 0 Å². The molecule has 3 nitrogen and oxygen atoms in total. The fourth-order valence-corrected chi connectivity index (χ4v) is 2.39. The zero-order valence-corrected chi connectivity index (χ0v) is 11.2. The average Bonchev–Trinajstić information content (AvgIpc) is 2.69. The van der Waals surface area contributed by atoms with E-state index >= 15 is 0 Å². The number of halogens is 1. The lowest BCUT2D eigenvalue weighted by atomic mass is 10.0. The summed E-state index contributed by atoms with van der Waals surface area (Å²) in [4.78, 5) is 5.43. The van der Waals surface area contributed by atoms with Gasteiger partial charge < -0.3 is 15.6 Å². The molecule has 1 heterocycles. The summed E-state index contributed by atoms with van der Waals surface area (Å²) in [5.74, 6) is 0. The van der Waals surface area contributed by atoms with Gasteiger partial charge in [-0.25, -0.2) is 0 Å².